The molecule has 0 aliphatic carbocycles. The quantitative estimate of drug-likeness (QED) is 0.354. The van der Waals surface area contributed by atoms with Crippen molar-refractivity contribution in [2.75, 3.05) is 7.11 Å². The zero-order chi connectivity index (χ0) is 20.2. The number of halogens is 2. The molecule has 0 radical (unpaired) electrons. The number of hydrogen-bond acceptors (Lipinski definition) is 4. The molecule has 1 heterocycles. The van der Waals surface area contributed by atoms with Gasteiger partial charge in [0.2, 0.25) is 0 Å². The summed E-state index contributed by atoms with van der Waals surface area (Å²) in [4.78, 5) is 0. The number of ether oxygens (including phenoxy) is 1. The predicted molar refractivity (Wildman–Crippen MR) is 114 cm³/mol. The molecule has 7 heteroatoms. The lowest BCUT2D eigenvalue weighted by molar-refractivity contribution is 0.415. The molecule has 0 amide bonds. The lowest BCUT2D eigenvalue weighted by Gasteiger charge is -2.11. The van der Waals surface area contributed by atoms with Crippen LogP contribution in [0.15, 0.2) is 78.0 Å². The van der Waals surface area contributed by atoms with Crippen molar-refractivity contribution in [1.29, 1.82) is 0 Å². The maximum absolute atomic E-state index is 14.0. The molecule has 0 saturated heterocycles. The van der Waals surface area contributed by atoms with Gasteiger partial charge in [0, 0.05) is 22.0 Å². The molecule has 146 valence electrons. The standard InChI is InChI=1S/C22H17ClFN3OS/c1-28-19-12-6-15(7-13-19)21-25-26-22(27(21)18-10-8-17(23)9-11-18)29-14-16-4-2-3-5-20(16)24/h2-13H,14H2,1H3. The first-order chi connectivity index (χ1) is 14.2. The molecule has 0 atom stereocenters. The SMILES string of the molecule is COc1ccc(-c2nnc(SCc3ccccc3F)n2-c2ccc(Cl)cc2)cc1. The predicted octanol–water partition coefficient (Wildman–Crippen LogP) is 6.03. The van der Waals surface area contributed by atoms with E-state index in [1.54, 1.807) is 19.2 Å². The molecule has 0 bridgehead atoms. The molecule has 0 fully saturated rings. The molecule has 1 aromatic heterocycles. The van der Waals surface area contributed by atoms with Crippen molar-refractivity contribution in [3.05, 3.63) is 89.2 Å². The van der Waals surface area contributed by atoms with Crippen LogP contribution in [-0.4, -0.2) is 21.9 Å². The Hall–Kier alpha value is -2.83. The highest BCUT2D eigenvalue weighted by Crippen LogP contribution is 2.31. The van der Waals surface area contributed by atoms with Gasteiger partial charge in [-0.1, -0.05) is 41.6 Å². The van der Waals surface area contributed by atoms with Gasteiger partial charge in [-0.3, -0.25) is 4.57 Å². The van der Waals surface area contributed by atoms with Crippen LogP contribution in [0, 0.1) is 5.82 Å². The normalized spacial score (nSPS) is 10.9. The third-order valence-corrected chi connectivity index (χ3v) is 5.61. The van der Waals surface area contributed by atoms with E-state index in [0.717, 1.165) is 17.0 Å². The highest BCUT2D eigenvalue weighted by Gasteiger charge is 2.17. The number of hydrogen-bond donors (Lipinski definition) is 0. The van der Waals surface area contributed by atoms with E-state index in [4.69, 9.17) is 16.3 Å². The molecule has 0 spiro atoms. The van der Waals surface area contributed by atoms with Gasteiger partial charge in [0.05, 0.1) is 7.11 Å². The van der Waals surface area contributed by atoms with Gasteiger partial charge < -0.3 is 4.74 Å². The van der Waals surface area contributed by atoms with Gasteiger partial charge in [-0.2, -0.15) is 0 Å². The molecule has 4 rings (SSSR count). The lowest BCUT2D eigenvalue weighted by atomic mass is 10.2. The average Bonchev–Trinajstić information content (AvgIpc) is 3.18. The van der Waals surface area contributed by atoms with Gasteiger partial charge >= 0.3 is 0 Å². The van der Waals surface area contributed by atoms with Crippen LogP contribution in [0.4, 0.5) is 4.39 Å². The van der Waals surface area contributed by atoms with E-state index in [1.807, 2.05) is 59.2 Å². The van der Waals surface area contributed by atoms with Gasteiger partial charge in [-0.15, -0.1) is 10.2 Å². The highest BCUT2D eigenvalue weighted by molar-refractivity contribution is 7.98. The van der Waals surface area contributed by atoms with Crippen molar-refractivity contribution < 1.29 is 9.13 Å². The third kappa shape index (κ3) is 4.28. The summed E-state index contributed by atoms with van der Waals surface area (Å²) in [6.07, 6.45) is 0. The minimum atomic E-state index is -0.229. The third-order valence-electron chi connectivity index (χ3n) is 4.38. The Morgan fingerprint density at radius 3 is 2.38 bits per heavy atom. The summed E-state index contributed by atoms with van der Waals surface area (Å²) < 4.78 is 21.2. The first kappa shape index (κ1) is 19.5. The Balaban J connectivity index is 1.73. The number of rotatable bonds is 6. The van der Waals surface area contributed by atoms with E-state index in [9.17, 15) is 4.39 Å². The Kier molecular flexibility index (Phi) is 5.83. The van der Waals surface area contributed by atoms with Crippen LogP contribution < -0.4 is 4.74 Å². The van der Waals surface area contributed by atoms with Crippen LogP contribution in [0.3, 0.4) is 0 Å². The minimum Gasteiger partial charge on any atom is -0.497 e. The highest BCUT2D eigenvalue weighted by atomic mass is 35.5. The summed E-state index contributed by atoms with van der Waals surface area (Å²) >= 11 is 7.49. The molecule has 0 saturated carbocycles. The zero-order valence-corrected chi connectivity index (χ0v) is 17.1. The van der Waals surface area contributed by atoms with Crippen molar-refractivity contribution >= 4 is 23.4 Å². The van der Waals surface area contributed by atoms with Crippen molar-refractivity contribution in [1.82, 2.24) is 14.8 Å². The summed E-state index contributed by atoms with van der Waals surface area (Å²) in [7, 11) is 1.63. The minimum absolute atomic E-state index is 0.229. The number of methoxy groups -OCH3 is 1. The maximum Gasteiger partial charge on any atom is 0.196 e. The lowest BCUT2D eigenvalue weighted by Crippen LogP contribution is -2.00. The van der Waals surface area contributed by atoms with E-state index >= 15 is 0 Å². The second-order valence-corrected chi connectivity index (χ2v) is 7.61. The second kappa shape index (κ2) is 8.68. The Morgan fingerprint density at radius 2 is 1.69 bits per heavy atom. The van der Waals surface area contributed by atoms with Crippen LogP contribution in [0.1, 0.15) is 5.56 Å². The Labute approximate surface area is 177 Å². The van der Waals surface area contributed by atoms with Crippen molar-refractivity contribution in [2.45, 2.75) is 10.9 Å². The molecule has 3 aromatic carbocycles. The monoisotopic (exact) mass is 425 g/mol. The summed E-state index contributed by atoms with van der Waals surface area (Å²) in [6.45, 7) is 0. The van der Waals surface area contributed by atoms with E-state index in [-0.39, 0.29) is 5.82 Å². The summed E-state index contributed by atoms with van der Waals surface area (Å²) in [5, 5.41) is 10.1. The van der Waals surface area contributed by atoms with E-state index < -0.39 is 0 Å². The molecular formula is C22H17ClFN3OS. The van der Waals surface area contributed by atoms with Crippen molar-refractivity contribution in [2.24, 2.45) is 0 Å². The number of aromatic nitrogens is 3. The molecule has 4 nitrogen and oxygen atoms in total. The first-order valence-electron chi connectivity index (χ1n) is 8.87. The fourth-order valence-electron chi connectivity index (χ4n) is 2.87. The largest absolute Gasteiger partial charge is 0.497 e. The number of benzene rings is 3. The van der Waals surface area contributed by atoms with Gasteiger partial charge in [0.15, 0.2) is 11.0 Å². The van der Waals surface area contributed by atoms with E-state index in [2.05, 4.69) is 10.2 Å². The van der Waals surface area contributed by atoms with Crippen LogP contribution in [0.5, 0.6) is 5.75 Å². The van der Waals surface area contributed by atoms with Crippen LogP contribution in [0.2, 0.25) is 5.02 Å². The topological polar surface area (TPSA) is 39.9 Å². The van der Waals surface area contributed by atoms with Crippen molar-refractivity contribution in [3.8, 4) is 22.8 Å². The smallest absolute Gasteiger partial charge is 0.196 e. The molecular weight excluding hydrogens is 409 g/mol. The van der Waals surface area contributed by atoms with E-state index in [0.29, 0.717) is 27.3 Å². The molecule has 0 N–H and O–H groups in total. The van der Waals surface area contributed by atoms with Crippen LogP contribution in [0.25, 0.3) is 17.1 Å². The van der Waals surface area contributed by atoms with Gasteiger partial charge in [0.1, 0.15) is 11.6 Å². The Bertz CT molecular complexity index is 1110. The summed E-state index contributed by atoms with van der Waals surface area (Å²) in [6, 6.07) is 21.8. The van der Waals surface area contributed by atoms with Crippen LogP contribution in [-0.2, 0) is 5.75 Å². The van der Waals surface area contributed by atoms with Crippen molar-refractivity contribution in [3.63, 3.8) is 0 Å². The Morgan fingerprint density at radius 1 is 0.966 bits per heavy atom. The van der Waals surface area contributed by atoms with Gasteiger partial charge in [-0.25, -0.2) is 4.39 Å². The summed E-state index contributed by atoms with van der Waals surface area (Å²) in [5.41, 5.74) is 2.39. The first-order valence-corrected chi connectivity index (χ1v) is 10.2. The summed E-state index contributed by atoms with van der Waals surface area (Å²) in [5.74, 6) is 1.67. The van der Waals surface area contributed by atoms with Crippen LogP contribution >= 0.6 is 23.4 Å². The average molecular weight is 426 g/mol. The van der Waals surface area contributed by atoms with E-state index in [1.165, 1.54) is 17.8 Å². The number of nitrogens with zero attached hydrogens (tertiary/aromatic N) is 3. The van der Waals surface area contributed by atoms with Gasteiger partial charge in [0.25, 0.3) is 0 Å². The maximum atomic E-state index is 14.0. The fraction of sp³-hybridized carbons (Fsp3) is 0.0909. The molecule has 0 aliphatic rings. The molecule has 0 unspecified atom stereocenters. The zero-order valence-electron chi connectivity index (χ0n) is 15.5. The van der Waals surface area contributed by atoms with Gasteiger partial charge in [-0.05, 0) is 60.2 Å². The molecule has 29 heavy (non-hydrogen) atoms. The fourth-order valence-corrected chi connectivity index (χ4v) is 3.94. The second-order valence-electron chi connectivity index (χ2n) is 6.23. The molecule has 0 aliphatic heterocycles. The molecule has 4 aromatic rings. The number of thioether (sulfide) groups is 1.